The molecule has 1 fully saturated rings. The van der Waals surface area contributed by atoms with Crippen molar-refractivity contribution >= 4 is 50.4 Å². The molecule has 188 valence electrons. The Morgan fingerprint density at radius 3 is 2.59 bits per heavy atom. The van der Waals surface area contributed by atoms with Crippen LogP contribution in [0.25, 0.3) is 16.8 Å². The number of anilines is 1. The molecular formula is C27H22BrN3O6. The van der Waals surface area contributed by atoms with Crippen LogP contribution >= 0.6 is 15.9 Å². The lowest BCUT2D eigenvalue weighted by Crippen LogP contribution is -2.30. The van der Waals surface area contributed by atoms with Gasteiger partial charge in [0.1, 0.15) is 11.5 Å². The molecule has 37 heavy (non-hydrogen) atoms. The number of aromatic nitrogens is 2. The van der Waals surface area contributed by atoms with Crippen LogP contribution in [0.5, 0.6) is 17.2 Å². The van der Waals surface area contributed by atoms with Crippen molar-refractivity contribution in [1.29, 1.82) is 0 Å². The Bertz CT molecular complexity index is 1540. The second-order valence-corrected chi connectivity index (χ2v) is 9.11. The van der Waals surface area contributed by atoms with Crippen molar-refractivity contribution in [1.82, 2.24) is 9.97 Å². The van der Waals surface area contributed by atoms with Crippen molar-refractivity contribution in [3.05, 3.63) is 81.8 Å². The Morgan fingerprint density at radius 1 is 1.11 bits per heavy atom. The summed E-state index contributed by atoms with van der Waals surface area (Å²) in [5.41, 5.74) is 1.91. The van der Waals surface area contributed by atoms with E-state index in [4.69, 9.17) is 9.47 Å². The SMILES string of the molecule is CCOc1cc(C2/C(=C(\O)c3ccc(OC)c(Br)c3)C(=O)C(=O)N2c2nc3ccccc3[nH]2)ccc1O. The highest BCUT2D eigenvalue weighted by Gasteiger charge is 2.48. The van der Waals surface area contributed by atoms with E-state index in [0.717, 1.165) is 0 Å². The lowest BCUT2D eigenvalue weighted by atomic mass is 9.95. The van der Waals surface area contributed by atoms with E-state index in [0.29, 0.717) is 39.0 Å². The number of fused-ring (bicyclic) bond motifs is 1. The first kappa shape index (κ1) is 24.4. The second kappa shape index (κ2) is 9.62. The van der Waals surface area contributed by atoms with Crippen LogP contribution in [0.15, 0.2) is 70.7 Å². The predicted octanol–water partition coefficient (Wildman–Crippen LogP) is 5.06. The molecule has 1 aromatic heterocycles. The Kier molecular flexibility index (Phi) is 6.34. The molecular weight excluding hydrogens is 542 g/mol. The Morgan fingerprint density at radius 2 is 1.89 bits per heavy atom. The van der Waals surface area contributed by atoms with Crippen LogP contribution in [-0.4, -0.2) is 45.6 Å². The van der Waals surface area contributed by atoms with Gasteiger partial charge in [0.05, 0.1) is 40.8 Å². The summed E-state index contributed by atoms with van der Waals surface area (Å²) in [6.07, 6.45) is 0. The highest BCUT2D eigenvalue weighted by Crippen LogP contribution is 2.44. The number of phenols is 1. The summed E-state index contributed by atoms with van der Waals surface area (Å²) in [5, 5.41) is 21.6. The number of hydrogen-bond donors (Lipinski definition) is 3. The van der Waals surface area contributed by atoms with E-state index in [1.165, 1.54) is 18.1 Å². The summed E-state index contributed by atoms with van der Waals surface area (Å²) in [6, 6.07) is 15.5. The van der Waals surface area contributed by atoms with Gasteiger partial charge in [0, 0.05) is 5.56 Å². The number of amides is 1. The summed E-state index contributed by atoms with van der Waals surface area (Å²) < 4.78 is 11.4. The van der Waals surface area contributed by atoms with E-state index in [1.54, 1.807) is 49.4 Å². The van der Waals surface area contributed by atoms with Gasteiger partial charge in [-0.3, -0.25) is 14.5 Å². The van der Waals surface area contributed by atoms with Crippen LogP contribution in [-0.2, 0) is 9.59 Å². The van der Waals surface area contributed by atoms with Gasteiger partial charge in [-0.05, 0) is 70.9 Å². The number of H-pyrrole nitrogens is 1. The van der Waals surface area contributed by atoms with Crippen LogP contribution in [0.1, 0.15) is 24.1 Å². The fraction of sp³-hybridized carbons (Fsp3) is 0.148. The number of benzene rings is 3. The molecule has 1 atom stereocenters. The number of methoxy groups -OCH3 is 1. The number of imidazole rings is 1. The third-order valence-corrected chi connectivity index (χ3v) is 6.69. The first-order chi connectivity index (χ1) is 17.8. The van der Waals surface area contributed by atoms with Gasteiger partial charge in [-0.2, -0.15) is 0 Å². The van der Waals surface area contributed by atoms with Gasteiger partial charge in [-0.25, -0.2) is 4.98 Å². The molecule has 0 aliphatic carbocycles. The minimum Gasteiger partial charge on any atom is -0.507 e. The lowest BCUT2D eigenvalue weighted by molar-refractivity contribution is -0.132. The molecule has 1 aliphatic rings. The van der Waals surface area contributed by atoms with Crippen molar-refractivity contribution in [3.8, 4) is 17.2 Å². The normalized spacial score (nSPS) is 16.9. The molecule has 0 bridgehead atoms. The van der Waals surface area contributed by atoms with Crippen LogP contribution in [0.3, 0.4) is 0 Å². The number of aliphatic hydroxyl groups excluding tert-OH is 1. The molecule has 1 saturated heterocycles. The smallest absolute Gasteiger partial charge is 0.302 e. The Hall–Kier alpha value is -4.31. The number of ketones is 1. The minimum atomic E-state index is -1.05. The number of aromatic amines is 1. The van der Waals surface area contributed by atoms with E-state index in [9.17, 15) is 19.8 Å². The molecule has 3 N–H and O–H groups in total. The topological polar surface area (TPSA) is 125 Å². The van der Waals surface area contributed by atoms with Gasteiger partial charge in [0.15, 0.2) is 11.5 Å². The molecule has 5 rings (SSSR count). The maximum absolute atomic E-state index is 13.4. The van der Waals surface area contributed by atoms with Crippen molar-refractivity contribution in [2.45, 2.75) is 13.0 Å². The number of ether oxygens (including phenoxy) is 2. The van der Waals surface area contributed by atoms with Gasteiger partial charge in [0.2, 0.25) is 5.95 Å². The van der Waals surface area contributed by atoms with Gasteiger partial charge < -0.3 is 24.7 Å². The highest BCUT2D eigenvalue weighted by atomic mass is 79.9. The molecule has 3 aromatic carbocycles. The average Bonchev–Trinajstić information content (AvgIpc) is 3.43. The van der Waals surface area contributed by atoms with Gasteiger partial charge in [-0.15, -0.1) is 0 Å². The first-order valence-corrected chi connectivity index (χ1v) is 12.2. The standard InChI is InChI=1S/C27H22BrN3O6/c1-3-37-21-13-14(8-10-19(21)32)23-22(24(33)15-9-11-20(36-2)16(28)12-15)25(34)26(35)31(23)27-29-17-6-4-5-7-18(17)30-27/h4-13,23,32-33H,3H2,1-2H3,(H,29,30)/b24-22+. The maximum Gasteiger partial charge on any atom is 0.302 e. The third-order valence-electron chi connectivity index (χ3n) is 6.07. The van der Waals surface area contributed by atoms with Gasteiger partial charge in [0.25, 0.3) is 5.78 Å². The highest BCUT2D eigenvalue weighted by molar-refractivity contribution is 9.10. The number of para-hydroxylation sites is 2. The maximum atomic E-state index is 13.4. The molecule has 9 nitrogen and oxygen atoms in total. The Balaban J connectivity index is 1.74. The molecule has 4 aromatic rings. The number of carbonyl (C=O) groups excluding carboxylic acids is 2. The zero-order valence-electron chi connectivity index (χ0n) is 19.9. The molecule has 2 heterocycles. The molecule has 10 heteroatoms. The Labute approximate surface area is 220 Å². The number of phenolic OH excluding ortho intramolecular Hbond substituents is 1. The van der Waals surface area contributed by atoms with Crippen LogP contribution in [0, 0.1) is 0 Å². The average molecular weight is 564 g/mol. The summed E-state index contributed by atoms with van der Waals surface area (Å²) in [5.74, 6) is -1.32. The van der Waals surface area contributed by atoms with Gasteiger partial charge >= 0.3 is 5.91 Å². The second-order valence-electron chi connectivity index (χ2n) is 8.26. The number of rotatable bonds is 6. The fourth-order valence-electron chi connectivity index (χ4n) is 4.36. The molecule has 1 amide bonds. The number of aliphatic hydroxyl groups is 1. The monoisotopic (exact) mass is 563 g/mol. The van der Waals surface area contributed by atoms with Crippen molar-refractivity contribution in [3.63, 3.8) is 0 Å². The van der Waals surface area contributed by atoms with Crippen molar-refractivity contribution in [2.24, 2.45) is 0 Å². The van der Waals surface area contributed by atoms with E-state index in [-0.39, 0.29) is 28.8 Å². The summed E-state index contributed by atoms with van der Waals surface area (Å²) >= 11 is 3.39. The number of Topliss-reactive ketones (excluding diaryl/α,β-unsaturated/α-hetero) is 1. The summed E-state index contributed by atoms with van der Waals surface area (Å²) in [4.78, 5) is 35.7. The fourth-order valence-corrected chi connectivity index (χ4v) is 4.90. The van der Waals surface area contributed by atoms with Crippen LogP contribution < -0.4 is 14.4 Å². The number of hydrogen-bond acceptors (Lipinski definition) is 7. The molecule has 0 spiro atoms. The first-order valence-electron chi connectivity index (χ1n) is 11.4. The van der Waals surface area contributed by atoms with E-state index in [1.807, 2.05) is 12.1 Å². The quantitative estimate of drug-likeness (QED) is 0.170. The van der Waals surface area contributed by atoms with E-state index >= 15 is 0 Å². The third kappa shape index (κ3) is 4.19. The molecule has 0 radical (unpaired) electrons. The number of carbonyl (C=O) groups is 2. The molecule has 1 aliphatic heterocycles. The minimum absolute atomic E-state index is 0.0922. The van der Waals surface area contributed by atoms with Crippen molar-refractivity contribution < 1.29 is 29.3 Å². The van der Waals surface area contributed by atoms with E-state index in [2.05, 4.69) is 25.9 Å². The van der Waals surface area contributed by atoms with Gasteiger partial charge in [-0.1, -0.05) is 18.2 Å². The molecule has 0 saturated carbocycles. The van der Waals surface area contributed by atoms with E-state index < -0.39 is 17.7 Å². The van der Waals surface area contributed by atoms with Crippen LogP contribution in [0.4, 0.5) is 5.95 Å². The largest absolute Gasteiger partial charge is 0.507 e. The summed E-state index contributed by atoms with van der Waals surface area (Å²) in [7, 11) is 1.51. The number of aromatic hydroxyl groups is 1. The number of nitrogens with one attached hydrogen (secondary N) is 1. The number of nitrogens with zero attached hydrogens (tertiary/aromatic N) is 2. The summed E-state index contributed by atoms with van der Waals surface area (Å²) in [6.45, 7) is 2.06. The lowest BCUT2D eigenvalue weighted by Gasteiger charge is -2.23. The van der Waals surface area contributed by atoms with Crippen LogP contribution in [0.2, 0.25) is 0 Å². The zero-order valence-corrected chi connectivity index (χ0v) is 21.4. The van der Waals surface area contributed by atoms with Crippen molar-refractivity contribution in [2.75, 3.05) is 18.6 Å². The number of halogens is 1. The predicted molar refractivity (Wildman–Crippen MR) is 141 cm³/mol. The zero-order chi connectivity index (χ0) is 26.3. The molecule has 1 unspecified atom stereocenters.